The number of allylic oxidation sites excluding steroid dienone is 2. The second-order valence-corrected chi connectivity index (χ2v) is 11.9. The van der Waals surface area contributed by atoms with Crippen molar-refractivity contribution in [3.05, 3.63) is 53.5 Å². The van der Waals surface area contributed by atoms with Gasteiger partial charge in [0.15, 0.2) is 0 Å². The van der Waals surface area contributed by atoms with Crippen LogP contribution in [0.1, 0.15) is 102 Å². The molecule has 2 nitrogen and oxygen atoms in total. The first-order valence-corrected chi connectivity index (χ1v) is 14.3. The minimum Gasteiger partial charge on any atom is -0.328 e. The fourth-order valence-corrected chi connectivity index (χ4v) is 8.74. The van der Waals surface area contributed by atoms with Crippen LogP contribution in [-0.4, -0.2) is 11.1 Å². The topological polar surface area (TPSA) is 6.48 Å². The van der Waals surface area contributed by atoms with E-state index in [9.17, 15) is 0 Å². The van der Waals surface area contributed by atoms with Crippen molar-refractivity contribution in [2.24, 2.45) is 23.2 Å². The molecule has 0 N–H and O–H groups in total. The minimum atomic E-state index is 0.277. The van der Waals surface area contributed by atoms with E-state index in [0.717, 1.165) is 17.8 Å². The summed E-state index contributed by atoms with van der Waals surface area (Å²) in [6, 6.07) is 9.15. The maximum atomic E-state index is 2.82. The Balaban J connectivity index is 1.49. The number of hydrogen-bond donors (Lipinski definition) is 0. The van der Waals surface area contributed by atoms with Crippen LogP contribution in [0.15, 0.2) is 47.9 Å². The van der Waals surface area contributed by atoms with Gasteiger partial charge in [-0.3, -0.25) is 0 Å². The Hall–Kier alpha value is -1.70. The van der Waals surface area contributed by atoms with Crippen LogP contribution in [0.5, 0.6) is 0 Å². The first-order chi connectivity index (χ1) is 16.2. The highest BCUT2D eigenvalue weighted by atomic mass is 15.4. The highest BCUT2D eigenvalue weighted by molar-refractivity contribution is 5.63. The summed E-state index contributed by atoms with van der Waals surface area (Å²) < 4.78 is 0. The van der Waals surface area contributed by atoms with Crippen LogP contribution in [0, 0.1) is 30.1 Å². The quantitative estimate of drug-likeness (QED) is 0.459. The van der Waals surface area contributed by atoms with Gasteiger partial charge in [0.2, 0.25) is 0 Å². The Morgan fingerprint density at radius 3 is 1.91 bits per heavy atom. The molecule has 0 saturated heterocycles. The highest BCUT2D eigenvalue weighted by Crippen LogP contribution is 2.62. The second kappa shape index (κ2) is 8.82. The number of rotatable bonds is 4. The molecule has 1 aromatic rings. The van der Waals surface area contributed by atoms with Crippen molar-refractivity contribution in [1.29, 1.82) is 0 Å². The standard InChI is InChI=1S/C31H44N2/c1-23-13-9-12-20-28(23)33-24(2)29-31(26-16-5-3-6-17-26,27-18-7-4-8-19-27)21-22-32(29)30(33)25-14-10-11-15-25/h9,12-13,20-22,25-27,30H,3-8,10-11,14-19H2,1-2H3. The zero-order valence-corrected chi connectivity index (χ0v) is 21.1. The largest absolute Gasteiger partial charge is 0.328 e. The number of hydrogen-bond acceptors (Lipinski definition) is 2. The van der Waals surface area contributed by atoms with E-state index in [1.54, 1.807) is 11.4 Å². The van der Waals surface area contributed by atoms with Gasteiger partial charge in [0.1, 0.15) is 6.17 Å². The molecule has 6 rings (SSSR count). The third kappa shape index (κ3) is 3.41. The molecule has 5 aliphatic rings. The van der Waals surface area contributed by atoms with Gasteiger partial charge in [-0.25, -0.2) is 0 Å². The molecule has 2 heteroatoms. The average Bonchev–Trinajstić information content (AvgIpc) is 3.58. The van der Waals surface area contributed by atoms with E-state index in [0.29, 0.717) is 6.17 Å². The maximum absolute atomic E-state index is 2.82. The molecule has 2 heterocycles. The van der Waals surface area contributed by atoms with E-state index >= 15 is 0 Å². The van der Waals surface area contributed by atoms with Crippen LogP contribution >= 0.6 is 0 Å². The lowest BCUT2D eigenvalue weighted by Gasteiger charge is -2.47. The molecule has 1 aromatic carbocycles. The lowest BCUT2D eigenvalue weighted by Crippen LogP contribution is -2.44. The summed E-state index contributed by atoms with van der Waals surface area (Å²) in [5, 5.41) is 0. The average molecular weight is 445 g/mol. The van der Waals surface area contributed by atoms with Crippen LogP contribution in [-0.2, 0) is 0 Å². The fraction of sp³-hybridized carbons (Fsp3) is 0.677. The Morgan fingerprint density at radius 1 is 0.727 bits per heavy atom. The molecule has 0 bridgehead atoms. The van der Waals surface area contributed by atoms with Crippen molar-refractivity contribution >= 4 is 5.69 Å². The van der Waals surface area contributed by atoms with E-state index in [-0.39, 0.29) is 5.41 Å². The summed E-state index contributed by atoms with van der Waals surface area (Å²) in [6.07, 6.45) is 25.8. The third-order valence-electron chi connectivity index (χ3n) is 10.2. The maximum Gasteiger partial charge on any atom is 0.113 e. The van der Waals surface area contributed by atoms with Crippen molar-refractivity contribution in [2.75, 3.05) is 4.90 Å². The summed E-state index contributed by atoms with van der Waals surface area (Å²) >= 11 is 0. The van der Waals surface area contributed by atoms with E-state index < -0.39 is 0 Å². The van der Waals surface area contributed by atoms with Crippen molar-refractivity contribution < 1.29 is 0 Å². The zero-order chi connectivity index (χ0) is 22.4. The third-order valence-corrected chi connectivity index (χ3v) is 10.2. The number of aryl methyl sites for hydroxylation is 1. The molecule has 1 atom stereocenters. The van der Waals surface area contributed by atoms with Crippen LogP contribution in [0.2, 0.25) is 0 Å². The SMILES string of the molecule is CC1=C2N(C=CC2(C2CCCCC2)C2CCCCC2)C(C2CCCC2)N1c1ccccc1C. The molecule has 0 spiro atoms. The van der Waals surface area contributed by atoms with Crippen LogP contribution in [0.4, 0.5) is 5.69 Å². The van der Waals surface area contributed by atoms with E-state index in [1.165, 1.54) is 101 Å². The Bertz CT molecular complexity index is 891. The van der Waals surface area contributed by atoms with Crippen LogP contribution < -0.4 is 4.90 Å². The molecule has 2 aliphatic heterocycles. The molecule has 3 saturated carbocycles. The van der Waals surface area contributed by atoms with Gasteiger partial charge in [0.05, 0.1) is 0 Å². The summed E-state index contributed by atoms with van der Waals surface area (Å²) in [7, 11) is 0. The van der Waals surface area contributed by atoms with Crippen molar-refractivity contribution in [3.8, 4) is 0 Å². The normalized spacial score (nSPS) is 28.8. The number of nitrogens with zero attached hydrogens (tertiary/aromatic N) is 2. The summed E-state index contributed by atoms with van der Waals surface area (Å²) in [4.78, 5) is 5.62. The second-order valence-electron chi connectivity index (χ2n) is 11.9. The first-order valence-electron chi connectivity index (χ1n) is 14.3. The molecule has 0 radical (unpaired) electrons. The lowest BCUT2D eigenvalue weighted by molar-refractivity contribution is 0.0884. The van der Waals surface area contributed by atoms with Crippen molar-refractivity contribution in [2.45, 2.75) is 110 Å². The predicted molar refractivity (Wildman–Crippen MR) is 139 cm³/mol. The Morgan fingerprint density at radius 2 is 1.30 bits per heavy atom. The Kier molecular flexibility index (Phi) is 5.83. The van der Waals surface area contributed by atoms with E-state index in [2.05, 4.69) is 60.2 Å². The van der Waals surface area contributed by atoms with Crippen molar-refractivity contribution in [1.82, 2.24) is 4.90 Å². The molecule has 0 amide bonds. The summed E-state index contributed by atoms with van der Waals surface area (Å²) in [6.45, 7) is 4.80. The van der Waals surface area contributed by atoms with Gasteiger partial charge in [0.25, 0.3) is 0 Å². The molecule has 178 valence electrons. The fourth-order valence-electron chi connectivity index (χ4n) is 8.74. The van der Waals surface area contributed by atoms with Crippen LogP contribution in [0.3, 0.4) is 0 Å². The predicted octanol–water partition coefficient (Wildman–Crippen LogP) is 8.54. The monoisotopic (exact) mass is 444 g/mol. The van der Waals surface area contributed by atoms with Gasteiger partial charge in [-0.1, -0.05) is 75.6 Å². The van der Waals surface area contributed by atoms with Gasteiger partial charge >= 0.3 is 0 Å². The molecule has 3 aliphatic carbocycles. The van der Waals surface area contributed by atoms with Crippen molar-refractivity contribution in [3.63, 3.8) is 0 Å². The molecule has 0 aromatic heterocycles. The molecular weight excluding hydrogens is 400 g/mol. The van der Waals surface area contributed by atoms with Crippen LogP contribution in [0.25, 0.3) is 0 Å². The molecule has 3 fully saturated rings. The Labute approximate surface area is 202 Å². The number of anilines is 1. The van der Waals surface area contributed by atoms with E-state index in [1.807, 2.05) is 0 Å². The molecule has 1 unspecified atom stereocenters. The first kappa shape index (κ1) is 21.8. The minimum absolute atomic E-state index is 0.277. The van der Waals surface area contributed by atoms with Gasteiger partial charge in [-0.05, 0) is 81.8 Å². The number of fused-ring (bicyclic) bond motifs is 1. The molecule has 33 heavy (non-hydrogen) atoms. The zero-order valence-electron chi connectivity index (χ0n) is 21.1. The number of para-hydroxylation sites is 1. The smallest absolute Gasteiger partial charge is 0.113 e. The summed E-state index contributed by atoms with van der Waals surface area (Å²) in [5.74, 6) is 2.44. The van der Waals surface area contributed by atoms with Gasteiger partial charge in [0, 0.05) is 28.7 Å². The lowest BCUT2D eigenvalue weighted by atomic mass is 9.57. The number of benzene rings is 1. The molecular formula is C31H44N2. The highest BCUT2D eigenvalue weighted by Gasteiger charge is 2.57. The van der Waals surface area contributed by atoms with E-state index in [4.69, 9.17) is 0 Å². The van der Waals surface area contributed by atoms with Gasteiger partial charge < -0.3 is 9.80 Å². The van der Waals surface area contributed by atoms with Gasteiger partial charge in [-0.15, -0.1) is 0 Å². The summed E-state index contributed by atoms with van der Waals surface area (Å²) in [5.41, 5.74) is 6.44. The van der Waals surface area contributed by atoms with Gasteiger partial charge in [-0.2, -0.15) is 0 Å².